The normalized spacial score (nSPS) is 42.4. The Hall–Kier alpha value is -0.630. The number of aliphatic hydroxyl groups is 1. The summed E-state index contributed by atoms with van der Waals surface area (Å²) in [6, 6.07) is 0. The van der Waals surface area contributed by atoms with Crippen LogP contribution in [0.2, 0.25) is 0 Å². The predicted molar refractivity (Wildman–Crippen MR) is 68.5 cm³/mol. The Morgan fingerprint density at radius 3 is 2.71 bits per heavy atom. The summed E-state index contributed by atoms with van der Waals surface area (Å²) in [5, 5.41) is 10.2. The van der Waals surface area contributed by atoms with E-state index in [-0.39, 0.29) is 17.1 Å². The molecule has 1 saturated carbocycles. The van der Waals surface area contributed by atoms with Crippen molar-refractivity contribution in [2.45, 2.75) is 52.6 Å². The molecule has 2 heteroatoms. The first-order valence-electron chi connectivity index (χ1n) is 6.69. The molecule has 0 aliphatic heterocycles. The standard InChI is InChI=1S/C15H24O2/c1-10-12-9-11(14(2,3)17)5-7-15(12,4)8-6-13(10)16/h6,8,10-12,17H,5,7,9H2,1-4H3/t10-,11+,12-,15-/m0/s1. The van der Waals surface area contributed by atoms with Gasteiger partial charge in [0.2, 0.25) is 0 Å². The Labute approximate surface area is 104 Å². The summed E-state index contributed by atoms with van der Waals surface area (Å²) in [5.41, 5.74) is -0.458. The van der Waals surface area contributed by atoms with Gasteiger partial charge in [-0.05, 0) is 56.4 Å². The van der Waals surface area contributed by atoms with Crippen LogP contribution < -0.4 is 0 Å². The highest BCUT2D eigenvalue weighted by molar-refractivity contribution is 5.92. The number of fused-ring (bicyclic) bond motifs is 1. The Morgan fingerprint density at radius 1 is 1.47 bits per heavy atom. The van der Waals surface area contributed by atoms with Gasteiger partial charge in [-0.25, -0.2) is 0 Å². The van der Waals surface area contributed by atoms with Gasteiger partial charge in [0, 0.05) is 5.92 Å². The molecule has 0 amide bonds. The molecule has 96 valence electrons. The van der Waals surface area contributed by atoms with Crippen molar-refractivity contribution in [2.24, 2.45) is 23.2 Å². The van der Waals surface area contributed by atoms with Crippen molar-refractivity contribution in [1.29, 1.82) is 0 Å². The molecular formula is C15H24O2. The quantitative estimate of drug-likeness (QED) is 0.760. The average Bonchev–Trinajstić information content (AvgIpc) is 2.22. The number of rotatable bonds is 1. The maximum atomic E-state index is 11.8. The van der Waals surface area contributed by atoms with Crippen molar-refractivity contribution < 1.29 is 9.90 Å². The molecule has 17 heavy (non-hydrogen) atoms. The van der Waals surface area contributed by atoms with Gasteiger partial charge >= 0.3 is 0 Å². The summed E-state index contributed by atoms with van der Waals surface area (Å²) < 4.78 is 0. The third-order valence-electron chi connectivity index (χ3n) is 5.10. The van der Waals surface area contributed by atoms with Gasteiger partial charge in [0.05, 0.1) is 5.60 Å². The minimum absolute atomic E-state index is 0.107. The van der Waals surface area contributed by atoms with Gasteiger partial charge < -0.3 is 5.11 Å². The molecule has 0 saturated heterocycles. The van der Waals surface area contributed by atoms with E-state index in [1.165, 1.54) is 0 Å². The summed E-state index contributed by atoms with van der Waals surface area (Å²) in [6.45, 7) is 8.09. The van der Waals surface area contributed by atoms with E-state index < -0.39 is 5.60 Å². The van der Waals surface area contributed by atoms with Crippen LogP contribution >= 0.6 is 0 Å². The van der Waals surface area contributed by atoms with Crippen molar-refractivity contribution in [1.82, 2.24) is 0 Å². The zero-order valence-electron chi connectivity index (χ0n) is 11.4. The molecule has 1 fully saturated rings. The third kappa shape index (κ3) is 2.20. The van der Waals surface area contributed by atoms with Crippen molar-refractivity contribution in [3.63, 3.8) is 0 Å². The number of hydrogen-bond acceptors (Lipinski definition) is 2. The van der Waals surface area contributed by atoms with E-state index in [1.54, 1.807) is 6.08 Å². The second-order valence-electron chi connectivity index (χ2n) is 6.76. The lowest BCUT2D eigenvalue weighted by molar-refractivity contribution is -0.124. The van der Waals surface area contributed by atoms with E-state index in [9.17, 15) is 9.90 Å². The largest absolute Gasteiger partial charge is 0.390 e. The van der Waals surface area contributed by atoms with Gasteiger partial charge in [-0.2, -0.15) is 0 Å². The fourth-order valence-electron chi connectivity index (χ4n) is 3.61. The monoisotopic (exact) mass is 236 g/mol. The molecule has 0 spiro atoms. The maximum absolute atomic E-state index is 11.8. The van der Waals surface area contributed by atoms with E-state index >= 15 is 0 Å². The third-order valence-corrected chi connectivity index (χ3v) is 5.10. The van der Waals surface area contributed by atoms with E-state index in [0.717, 1.165) is 19.3 Å². The molecule has 2 aliphatic rings. The molecule has 0 aromatic carbocycles. The zero-order valence-corrected chi connectivity index (χ0v) is 11.4. The highest BCUT2D eigenvalue weighted by atomic mass is 16.3. The molecule has 0 radical (unpaired) electrons. The van der Waals surface area contributed by atoms with Gasteiger partial charge in [-0.15, -0.1) is 0 Å². The van der Waals surface area contributed by atoms with E-state index in [2.05, 4.69) is 13.0 Å². The summed E-state index contributed by atoms with van der Waals surface area (Å²) in [7, 11) is 0. The van der Waals surface area contributed by atoms with E-state index in [4.69, 9.17) is 0 Å². The van der Waals surface area contributed by atoms with Crippen LogP contribution in [-0.4, -0.2) is 16.5 Å². The molecule has 2 aliphatic carbocycles. The van der Waals surface area contributed by atoms with Gasteiger partial charge in [0.15, 0.2) is 5.78 Å². The van der Waals surface area contributed by atoms with Gasteiger partial charge in [0.1, 0.15) is 0 Å². The topological polar surface area (TPSA) is 37.3 Å². The number of ketones is 1. The fourth-order valence-corrected chi connectivity index (χ4v) is 3.61. The molecule has 0 bridgehead atoms. The van der Waals surface area contributed by atoms with Crippen LogP contribution in [0.3, 0.4) is 0 Å². The second kappa shape index (κ2) is 3.94. The molecule has 0 aromatic rings. The lowest BCUT2D eigenvalue weighted by Gasteiger charge is -2.49. The number of carbonyl (C=O) groups excluding carboxylic acids is 1. The van der Waals surface area contributed by atoms with E-state index in [1.807, 2.05) is 20.8 Å². The van der Waals surface area contributed by atoms with Gasteiger partial charge in [0.25, 0.3) is 0 Å². The number of hydrogen-bond donors (Lipinski definition) is 1. The van der Waals surface area contributed by atoms with Crippen molar-refractivity contribution >= 4 is 5.78 Å². The minimum Gasteiger partial charge on any atom is -0.390 e. The number of carbonyl (C=O) groups is 1. The highest BCUT2D eigenvalue weighted by Crippen LogP contribution is 2.52. The lowest BCUT2D eigenvalue weighted by atomic mass is 9.56. The fraction of sp³-hybridized carbons (Fsp3) is 0.800. The zero-order chi connectivity index (χ0) is 12.8. The molecule has 4 atom stereocenters. The first kappa shape index (κ1) is 12.8. The Kier molecular flexibility index (Phi) is 2.97. The van der Waals surface area contributed by atoms with Crippen LogP contribution in [-0.2, 0) is 4.79 Å². The number of allylic oxidation sites excluding steroid dienone is 2. The first-order chi connectivity index (χ1) is 7.74. The Morgan fingerprint density at radius 2 is 2.12 bits per heavy atom. The van der Waals surface area contributed by atoms with Gasteiger partial charge in [-0.3, -0.25) is 4.79 Å². The van der Waals surface area contributed by atoms with Crippen molar-refractivity contribution in [3.05, 3.63) is 12.2 Å². The second-order valence-corrected chi connectivity index (χ2v) is 6.76. The predicted octanol–water partition coefficient (Wildman–Crippen LogP) is 2.95. The SMILES string of the molecule is C[C@@H]1C(=O)C=C[C@]2(C)CC[C@@H](C(C)(C)O)C[C@@H]12. The van der Waals surface area contributed by atoms with Crippen LogP contribution in [0.1, 0.15) is 47.0 Å². The van der Waals surface area contributed by atoms with Crippen molar-refractivity contribution in [3.8, 4) is 0 Å². The summed E-state index contributed by atoms with van der Waals surface area (Å²) in [4.78, 5) is 11.8. The summed E-state index contributed by atoms with van der Waals surface area (Å²) in [5.74, 6) is 1.08. The van der Waals surface area contributed by atoms with Crippen LogP contribution in [0.15, 0.2) is 12.2 Å². The maximum Gasteiger partial charge on any atom is 0.158 e. The summed E-state index contributed by atoms with van der Waals surface area (Å²) >= 11 is 0. The van der Waals surface area contributed by atoms with Crippen LogP contribution in [0.5, 0.6) is 0 Å². The van der Waals surface area contributed by atoms with E-state index in [0.29, 0.717) is 11.8 Å². The lowest BCUT2D eigenvalue weighted by Crippen LogP contribution is -2.46. The molecule has 2 nitrogen and oxygen atoms in total. The molecule has 1 N–H and O–H groups in total. The molecule has 0 aromatic heterocycles. The molecule has 2 rings (SSSR count). The van der Waals surface area contributed by atoms with Crippen LogP contribution in [0, 0.1) is 23.2 Å². The molecule has 0 unspecified atom stereocenters. The van der Waals surface area contributed by atoms with Gasteiger partial charge in [-0.1, -0.05) is 19.9 Å². The molecule has 0 heterocycles. The van der Waals surface area contributed by atoms with Crippen LogP contribution in [0.4, 0.5) is 0 Å². The molecular weight excluding hydrogens is 212 g/mol. The highest BCUT2D eigenvalue weighted by Gasteiger charge is 2.47. The Bertz CT molecular complexity index is 350. The average molecular weight is 236 g/mol. The smallest absolute Gasteiger partial charge is 0.158 e. The van der Waals surface area contributed by atoms with Crippen molar-refractivity contribution in [2.75, 3.05) is 0 Å². The minimum atomic E-state index is -0.620. The summed E-state index contributed by atoms with van der Waals surface area (Å²) in [6.07, 6.45) is 6.99. The van der Waals surface area contributed by atoms with Crippen LogP contribution in [0.25, 0.3) is 0 Å². The Balaban J connectivity index is 2.24. The first-order valence-corrected chi connectivity index (χ1v) is 6.69.